The van der Waals surface area contributed by atoms with E-state index in [4.69, 9.17) is 16.3 Å². The summed E-state index contributed by atoms with van der Waals surface area (Å²) in [6, 6.07) is 8.88. The van der Waals surface area contributed by atoms with Crippen molar-refractivity contribution in [1.29, 1.82) is 0 Å². The molecule has 0 aliphatic carbocycles. The third-order valence-electron chi connectivity index (χ3n) is 4.37. The number of carbonyl (C=O) groups excluding carboxylic acids is 4. The van der Waals surface area contributed by atoms with Gasteiger partial charge >= 0.3 is 5.97 Å². The lowest BCUT2D eigenvalue weighted by Gasteiger charge is -2.09. The van der Waals surface area contributed by atoms with Crippen molar-refractivity contribution < 1.29 is 23.9 Å². The molecule has 1 N–H and O–H groups in total. The number of rotatable bonds is 5. The Hall–Kier alpha value is -3.15. The Kier molecular flexibility index (Phi) is 6.04. The quantitative estimate of drug-likeness (QED) is 0.389. The van der Waals surface area contributed by atoms with Crippen molar-refractivity contribution >= 4 is 73.4 Å². The van der Waals surface area contributed by atoms with Crippen molar-refractivity contribution in [2.75, 3.05) is 16.8 Å². The minimum Gasteiger partial charge on any atom is -0.452 e. The summed E-state index contributed by atoms with van der Waals surface area (Å²) in [6.45, 7) is 1.14. The van der Waals surface area contributed by atoms with Gasteiger partial charge in [0.25, 0.3) is 17.7 Å². The van der Waals surface area contributed by atoms with Crippen molar-refractivity contribution in [3.05, 3.63) is 67.6 Å². The smallest absolute Gasteiger partial charge is 0.338 e. The molecule has 0 bridgehead atoms. The standard InChI is InChI=1S/C20H12BrClN4O5S/c1-9-24-25-20(32-9)26-17(28)12-4-2-10(6-13(12)18(26)29)19(30)31-8-16(27)23-15-5-3-11(21)7-14(15)22/h2-7H,8H2,1H3,(H,23,27). The molecule has 0 atom stereocenters. The molecule has 2 heterocycles. The van der Waals surface area contributed by atoms with E-state index in [9.17, 15) is 19.2 Å². The maximum atomic E-state index is 12.7. The SMILES string of the molecule is Cc1nnc(N2C(=O)c3ccc(C(=O)OCC(=O)Nc4ccc(Br)cc4Cl)cc3C2=O)s1. The molecule has 1 aromatic heterocycles. The number of anilines is 2. The van der Waals surface area contributed by atoms with Crippen LogP contribution in [-0.2, 0) is 9.53 Å². The first-order valence-electron chi connectivity index (χ1n) is 8.99. The predicted molar refractivity (Wildman–Crippen MR) is 120 cm³/mol. The largest absolute Gasteiger partial charge is 0.452 e. The van der Waals surface area contributed by atoms with Crippen molar-refractivity contribution in [1.82, 2.24) is 10.2 Å². The number of fused-ring (bicyclic) bond motifs is 1. The highest BCUT2D eigenvalue weighted by atomic mass is 79.9. The van der Waals surface area contributed by atoms with E-state index in [1.165, 1.54) is 18.2 Å². The van der Waals surface area contributed by atoms with Gasteiger partial charge in [-0.05, 0) is 43.3 Å². The normalized spacial score (nSPS) is 12.7. The zero-order chi connectivity index (χ0) is 23.0. The molecule has 12 heteroatoms. The number of ether oxygens (including phenoxy) is 1. The van der Waals surface area contributed by atoms with Gasteiger partial charge in [-0.2, -0.15) is 0 Å². The second-order valence-corrected chi connectivity index (χ2v) is 9.04. The van der Waals surface area contributed by atoms with Crippen LogP contribution in [0.3, 0.4) is 0 Å². The van der Waals surface area contributed by atoms with Crippen LogP contribution in [0.5, 0.6) is 0 Å². The number of hydrogen-bond acceptors (Lipinski definition) is 8. The fourth-order valence-electron chi connectivity index (χ4n) is 2.91. The first-order valence-corrected chi connectivity index (χ1v) is 11.0. The Morgan fingerprint density at radius 2 is 1.88 bits per heavy atom. The van der Waals surface area contributed by atoms with Crippen molar-refractivity contribution in [3.8, 4) is 0 Å². The van der Waals surface area contributed by atoms with Gasteiger partial charge in [0.1, 0.15) is 5.01 Å². The number of carbonyl (C=O) groups is 4. The van der Waals surface area contributed by atoms with Crippen LogP contribution in [0.2, 0.25) is 5.02 Å². The second kappa shape index (κ2) is 8.77. The van der Waals surface area contributed by atoms with Crippen molar-refractivity contribution in [2.45, 2.75) is 6.92 Å². The number of esters is 1. The number of halogens is 2. The molecular formula is C20H12BrClN4O5S. The van der Waals surface area contributed by atoms with Crippen LogP contribution in [0.15, 0.2) is 40.9 Å². The Balaban J connectivity index is 1.44. The fourth-order valence-corrected chi connectivity index (χ4v) is 4.31. The van der Waals surface area contributed by atoms with E-state index in [0.29, 0.717) is 15.7 Å². The van der Waals surface area contributed by atoms with Gasteiger partial charge < -0.3 is 10.1 Å². The molecule has 9 nitrogen and oxygen atoms in total. The van der Waals surface area contributed by atoms with Crippen LogP contribution in [-0.4, -0.2) is 40.5 Å². The van der Waals surface area contributed by atoms with E-state index >= 15 is 0 Å². The Bertz CT molecular complexity index is 1290. The summed E-state index contributed by atoms with van der Waals surface area (Å²) in [5.41, 5.74) is 0.574. The topological polar surface area (TPSA) is 119 Å². The van der Waals surface area contributed by atoms with E-state index in [1.54, 1.807) is 25.1 Å². The monoisotopic (exact) mass is 534 g/mol. The van der Waals surface area contributed by atoms with E-state index in [1.807, 2.05) is 0 Å². The first kappa shape index (κ1) is 22.1. The van der Waals surface area contributed by atoms with Crippen LogP contribution in [0.1, 0.15) is 36.1 Å². The van der Waals surface area contributed by atoms with Gasteiger partial charge in [0.2, 0.25) is 5.13 Å². The van der Waals surface area contributed by atoms with Gasteiger partial charge in [-0.25, -0.2) is 9.69 Å². The molecule has 162 valence electrons. The molecule has 32 heavy (non-hydrogen) atoms. The molecule has 3 amide bonds. The maximum absolute atomic E-state index is 12.7. The summed E-state index contributed by atoms with van der Waals surface area (Å²) in [6.07, 6.45) is 0. The van der Waals surface area contributed by atoms with Gasteiger partial charge in [0.05, 0.1) is 27.4 Å². The Morgan fingerprint density at radius 3 is 2.56 bits per heavy atom. The lowest BCUT2D eigenvalue weighted by atomic mass is 10.1. The zero-order valence-electron chi connectivity index (χ0n) is 16.2. The van der Waals surface area contributed by atoms with E-state index in [0.717, 1.165) is 20.7 Å². The molecule has 0 saturated heterocycles. The molecule has 0 unspecified atom stereocenters. The van der Waals surface area contributed by atoms with Crippen LogP contribution < -0.4 is 10.2 Å². The molecule has 2 aromatic carbocycles. The average molecular weight is 536 g/mol. The highest BCUT2D eigenvalue weighted by Gasteiger charge is 2.39. The van der Waals surface area contributed by atoms with E-state index < -0.39 is 30.3 Å². The predicted octanol–water partition coefficient (Wildman–Crippen LogP) is 3.86. The first-order chi connectivity index (χ1) is 15.2. The minimum atomic E-state index is -0.824. The van der Waals surface area contributed by atoms with E-state index in [2.05, 4.69) is 31.4 Å². The number of nitrogens with one attached hydrogen (secondary N) is 1. The number of nitrogens with zero attached hydrogens (tertiary/aromatic N) is 3. The van der Waals surface area contributed by atoms with Gasteiger partial charge in [-0.15, -0.1) is 10.2 Å². The molecule has 1 aliphatic heterocycles. The van der Waals surface area contributed by atoms with Crippen LogP contribution >= 0.6 is 38.9 Å². The van der Waals surface area contributed by atoms with Crippen molar-refractivity contribution in [2.24, 2.45) is 0 Å². The summed E-state index contributed by atoms with van der Waals surface area (Å²) in [4.78, 5) is 50.7. The fraction of sp³-hybridized carbons (Fsp3) is 0.100. The van der Waals surface area contributed by atoms with Crippen LogP contribution in [0.25, 0.3) is 0 Å². The van der Waals surface area contributed by atoms with Gasteiger partial charge in [-0.3, -0.25) is 14.4 Å². The number of benzene rings is 2. The van der Waals surface area contributed by atoms with Crippen LogP contribution in [0, 0.1) is 6.92 Å². The Labute approximate surface area is 198 Å². The average Bonchev–Trinajstić information content (AvgIpc) is 3.28. The number of amides is 3. The van der Waals surface area contributed by atoms with Gasteiger partial charge in [0, 0.05) is 4.47 Å². The molecule has 1 aliphatic rings. The summed E-state index contributed by atoms with van der Waals surface area (Å²) < 4.78 is 5.78. The number of aromatic nitrogens is 2. The summed E-state index contributed by atoms with van der Waals surface area (Å²) >= 11 is 10.4. The van der Waals surface area contributed by atoms with E-state index in [-0.39, 0.29) is 21.8 Å². The number of aryl methyl sites for hydroxylation is 1. The van der Waals surface area contributed by atoms with Gasteiger partial charge in [-0.1, -0.05) is 38.9 Å². The maximum Gasteiger partial charge on any atom is 0.338 e. The third-order valence-corrected chi connectivity index (χ3v) is 6.00. The lowest BCUT2D eigenvalue weighted by Crippen LogP contribution is -2.29. The molecule has 0 saturated carbocycles. The molecule has 4 rings (SSSR count). The number of hydrogen-bond donors (Lipinski definition) is 1. The molecule has 3 aromatic rings. The molecule has 0 radical (unpaired) electrons. The summed E-state index contributed by atoms with van der Waals surface area (Å²) in [5, 5.41) is 11.3. The highest BCUT2D eigenvalue weighted by Crippen LogP contribution is 2.31. The third kappa shape index (κ3) is 4.27. The molecule has 0 spiro atoms. The molecule has 0 fully saturated rings. The molecular weight excluding hydrogens is 524 g/mol. The second-order valence-electron chi connectivity index (χ2n) is 6.56. The van der Waals surface area contributed by atoms with Crippen LogP contribution in [0.4, 0.5) is 10.8 Å². The summed E-state index contributed by atoms with van der Waals surface area (Å²) in [5.74, 6) is -2.58. The Morgan fingerprint density at radius 1 is 1.12 bits per heavy atom. The highest BCUT2D eigenvalue weighted by molar-refractivity contribution is 9.10. The zero-order valence-corrected chi connectivity index (χ0v) is 19.4. The number of imide groups is 1. The summed E-state index contributed by atoms with van der Waals surface area (Å²) in [7, 11) is 0. The van der Waals surface area contributed by atoms with Crippen molar-refractivity contribution in [3.63, 3.8) is 0 Å². The lowest BCUT2D eigenvalue weighted by molar-refractivity contribution is -0.119. The van der Waals surface area contributed by atoms with Gasteiger partial charge in [0.15, 0.2) is 6.61 Å². The minimum absolute atomic E-state index is 0.0228.